The third-order valence-corrected chi connectivity index (χ3v) is 3.66. The summed E-state index contributed by atoms with van der Waals surface area (Å²) >= 11 is 0. The van der Waals surface area contributed by atoms with Gasteiger partial charge < -0.3 is 16.2 Å². The standard InChI is InChI=1S/C15H23N3O/c1-11-4-2-7-13(8-11)14(19)10-18-15(16)17-9-12-5-3-6-12/h2,4,7-8,12,14,19H,3,5-6,9-10H2,1H3,(H3,16,17,18). The molecule has 0 aromatic heterocycles. The minimum absolute atomic E-state index is 0.299. The van der Waals surface area contributed by atoms with Crippen molar-refractivity contribution >= 4 is 5.96 Å². The number of aryl methyl sites for hydroxylation is 1. The summed E-state index contributed by atoms with van der Waals surface area (Å²) in [6.45, 7) is 3.21. The molecule has 0 aliphatic heterocycles. The molecule has 19 heavy (non-hydrogen) atoms. The lowest BCUT2D eigenvalue weighted by Gasteiger charge is -2.25. The largest absolute Gasteiger partial charge is 0.386 e. The summed E-state index contributed by atoms with van der Waals surface area (Å²) in [5, 5.41) is 13.2. The van der Waals surface area contributed by atoms with Crippen LogP contribution >= 0.6 is 0 Å². The number of nitrogens with one attached hydrogen (secondary N) is 1. The van der Waals surface area contributed by atoms with Crippen molar-refractivity contribution in [1.82, 2.24) is 5.32 Å². The zero-order valence-corrected chi connectivity index (χ0v) is 11.5. The van der Waals surface area contributed by atoms with Gasteiger partial charge in [0.1, 0.15) is 0 Å². The molecule has 0 radical (unpaired) electrons. The number of aliphatic imine (C=N–C) groups is 1. The van der Waals surface area contributed by atoms with Crippen LogP contribution in [0.5, 0.6) is 0 Å². The molecule has 1 aromatic carbocycles. The van der Waals surface area contributed by atoms with E-state index in [1.54, 1.807) is 0 Å². The molecule has 1 aliphatic carbocycles. The lowest BCUT2D eigenvalue weighted by Crippen LogP contribution is -2.37. The van der Waals surface area contributed by atoms with Crippen molar-refractivity contribution in [2.24, 2.45) is 16.6 Å². The van der Waals surface area contributed by atoms with Gasteiger partial charge in [-0.2, -0.15) is 0 Å². The Morgan fingerprint density at radius 2 is 2.32 bits per heavy atom. The number of aliphatic hydroxyl groups is 1. The predicted octanol–water partition coefficient (Wildman–Crippen LogP) is 1.73. The van der Waals surface area contributed by atoms with Crippen LogP contribution in [0, 0.1) is 12.8 Å². The second-order valence-corrected chi connectivity index (χ2v) is 5.33. The highest BCUT2D eigenvalue weighted by Crippen LogP contribution is 2.25. The third-order valence-electron chi connectivity index (χ3n) is 3.66. The molecule has 0 heterocycles. The van der Waals surface area contributed by atoms with Gasteiger partial charge in [0.05, 0.1) is 12.6 Å². The van der Waals surface area contributed by atoms with Crippen LogP contribution in [-0.4, -0.2) is 24.2 Å². The monoisotopic (exact) mass is 261 g/mol. The molecule has 0 bridgehead atoms. The average Bonchev–Trinajstić information content (AvgIpc) is 2.34. The lowest BCUT2D eigenvalue weighted by atomic mass is 9.85. The van der Waals surface area contributed by atoms with Gasteiger partial charge in [-0.15, -0.1) is 0 Å². The minimum atomic E-state index is -0.594. The Morgan fingerprint density at radius 1 is 1.53 bits per heavy atom. The van der Waals surface area contributed by atoms with Crippen LogP contribution in [0.3, 0.4) is 0 Å². The van der Waals surface area contributed by atoms with Crippen molar-refractivity contribution in [1.29, 1.82) is 0 Å². The number of benzene rings is 1. The van der Waals surface area contributed by atoms with Gasteiger partial charge in [0.15, 0.2) is 5.96 Å². The van der Waals surface area contributed by atoms with E-state index in [-0.39, 0.29) is 0 Å². The van der Waals surface area contributed by atoms with E-state index in [0.29, 0.717) is 12.5 Å². The van der Waals surface area contributed by atoms with Crippen molar-refractivity contribution in [3.63, 3.8) is 0 Å². The zero-order valence-electron chi connectivity index (χ0n) is 11.5. The van der Waals surface area contributed by atoms with E-state index in [0.717, 1.165) is 23.6 Å². The van der Waals surface area contributed by atoms with Gasteiger partial charge in [-0.3, -0.25) is 4.99 Å². The molecule has 1 atom stereocenters. The van der Waals surface area contributed by atoms with Crippen LogP contribution in [0.1, 0.15) is 36.5 Å². The van der Waals surface area contributed by atoms with Crippen LogP contribution in [0.25, 0.3) is 0 Å². The molecule has 1 aliphatic rings. The molecule has 0 spiro atoms. The smallest absolute Gasteiger partial charge is 0.188 e. The van der Waals surface area contributed by atoms with Crippen LogP contribution in [0.2, 0.25) is 0 Å². The van der Waals surface area contributed by atoms with Crippen molar-refractivity contribution in [2.45, 2.75) is 32.3 Å². The Morgan fingerprint density at radius 3 is 2.95 bits per heavy atom. The number of nitrogens with two attached hydrogens (primary N) is 1. The average molecular weight is 261 g/mol. The highest BCUT2D eigenvalue weighted by atomic mass is 16.3. The molecular weight excluding hydrogens is 238 g/mol. The van der Waals surface area contributed by atoms with Gasteiger partial charge in [0.25, 0.3) is 0 Å². The first-order chi connectivity index (χ1) is 9.15. The van der Waals surface area contributed by atoms with Crippen molar-refractivity contribution < 1.29 is 5.11 Å². The fourth-order valence-corrected chi connectivity index (χ4v) is 2.17. The minimum Gasteiger partial charge on any atom is -0.386 e. The van der Waals surface area contributed by atoms with Crippen molar-refractivity contribution in [3.8, 4) is 0 Å². The van der Waals surface area contributed by atoms with Gasteiger partial charge in [0.2, 0.25) is 0 Å². The molecule has 1 saturated carbocycles. The second-order valence-electron chi connectivity index (χ2n) is 5.33. The van der Waals surface area contributed by atoms with E-state index in [9.17, 15) is 5.11 Å². The predicted molar refractivity (Wildman–Crippen MR) is 78.0 cm³/mol. The Bertz CT molecular complexity index is 441. The van der Waals surface area contributed by atoms with Crippen LogP contribution in [0.4, 0.5) is 0 Å². The summed E-state index contributed by atoms with van der Waals surface area (Å²) in [6.07, 6.45) is 3.30. The highest BCUT2D eigenvalue weighted by Gasteiger charge is 2.16. The molecule has 2 rings (SSSR count). The summed E-state index contributed by atoms with van der Waals surface area (Å²) in [5.41, 5.74) is 7.81. The molecular formula is C15H23N3O. The topological polar surface area (TPSA) is 70.6 Å². The molecule has 4 nitrogen and oxygen atoms in total. The summed E-state index contributed by atoms with van der Waals surface area (Å²) in [4.78, 5) is 4.19. The summed E-state index contributed by atoms with van der Waals surface area (Å²) < 4.78 is 0. The fraction of sp³-hybridized carbons (Fsp3) is 0.533. The maximum absolute atomic E-state index is 10.0. The van der Waals surface area contributed by atoms with E-state index in [4.69, 9.17) is 5.73 Å². The van der Waals surface area contributed by atoms with Crippen molar-refractivity contribution in [2.75, 3.05) is 13.1 Å². The third kappa shape index (κ3) is 4.24. The van der Waals surface area contributed by atoms with Gasteiger partial charge in [-0.1, -0.05) is 36.2 Å². The Balaban J connectivity index is 1.79. The van der Waals surface area contributed by atoms with Gasteiger partial charge in [-0.05, 0) is 31.2 Å². The quantitative estimate of drug-likeness (QED) is 0.558. The normalized spacial score (nSPS) is 17.9. The number of aliphatic hydroxyl groups excluding tert-OH is 1. The van der Waals surface area contributed by atoms with Crippen LogP contribution < -0.4 is 11.1 Å². The SMILES string of the molecule is Cc1cccc(C(O)CN=C(N)NCC2CCC2)c1. The Hall–Kier alpha value is -1.55. The Kier molecular flexibility index (Phi) is 4.80. The second kappa shape index (κ2) is 6.57. The van der Waals surface area contributed by atoms with Gasteiger partial charge in [-0.25, -0.2) is 0 Å². The van der Waals surface area contributed by atoms with Crippen LogP contribution in [0.15, 0.2) is 29.3 Å². The zero-order chi connectivity index (χ0) is 13.7. The maximum Gasteiger partial charge on any atom is 0.188 e. The van der Waals surface area contributed by atoms with Gasteiger partial charge >= 0.3 is 0 Å². The molecule has 1 fully saturated rings. The maximum atomic E-state index is 10.0. The van der Waals surface area contributed by atoms with Gasteiger partial charge in [0, 0.05) is 6.54 Å². The summed E-state index contributed by atoms with van der Waals surface area (Å²) in [6, 6.07) is 7.83. The summed E-state index contributed by atoms with van der Waals surface area (Å²) in [5.74, 6) is 1.18. The fourth-order valence-electron chi connectivity index (χ4n) is 2.17. The van der Waals surface area contributed by atoms with E-state index < -0.39 is 6.10 Å². The first kappa shape index (κ1) is 13.9. The first-order valence-electron chi connectivity index (χ1n) is 6.93. The Labute approximate surface area is 114 Å². The van der Waals surface area contributed by atoms with Crippen LogP contribution in [-0.2, 0) is 0 Å². The van der Waals surface area contributed by atoms with E-state index in [1.807, 2.05) is 31.2 Å². The summed E-state index contributed by atoms with van der Waals surface area (Å²) in [7, 11) is 0. The van der Waals surface area contributed by atoms with E-state index in [2.05, 4.69) is 10.3 Å². The van der Waals surface area contributed by atoms with E-state index >= 15 is 0 Å². The molecule has 4 heteroatoms. The number of guanidine groups is 1. The molecule has 0 saturated heterocycles. The molecule has 4 N–H and O–H groups in total. The highest BCUT2D eigenvalue weighted by molar-refractivity contribution is 5.77. The van der Waals surface area contributed by atoms with E-state index in [1.165, 1.54) is 19.3 Å². The number of rotatable bonds is 5. The number of hydrogen-bond acceptors (Lipinski definition) is 2. The molecule has 104 valence electrons. The first-order valence-corrected chi connectivity index (χ1v) is 6.93. The molecule has 0 amide bonds. The van der Waals surface area contributed by atoms with Crippen molar-refractivity contribution in [3.05, 3.63) is 35.4 Å². The number of hydrogen-bond donors (Lipinski definition) is 3. The number of nitrogens with zero attached hydrogens (tertiary/aromatic N) is 1. The molecule has 1 aromatic rings. The molecule has 1 unspecified atom stereocenters. The lowest BCUT2D eigenvalue weighted by molar-refractivity contribution is 0.187.